The maximum atomic E-state index is 13.2. The standard InChI is InChI=1S/C23H24N2O2S/c1-15-6-8-17(9-7-15)23-21(28-16(2)24-23)14-22(26)25-12-4-5-18-13-19(27-3)10-11-20(18)25/h6-11,13H,4-5,12,14H2,1-3H3. The zero-order valence-electron chi connectivity index (χ0n) is 16.5. The highest BCUT2D eigenvalue weighted by Gasteiger charge is 2.25. The Morgan fingerprint density at radius 1 is 1.18 bits per heavy atom. The highest BCUT2D eigenvalue weighted by atomic mass is 32.1. The highest BCUT2D eigenvalue weighted by molar-refractivity contribution is 7.12. The van der Waals surface area contributed by atoms with E-state index in [2.05, 4.69) is 31.2 Å². The number of nitrogens with zero attached hydrogens (tertiary/aromatic N) is 2. The number of rotatable bonds is 4. The third-order valence-electron chi connectivity index (χ3n) is 5.15. The molecule has 2 heterocycles. The molecule has 4 nitrogen and oxygen atoms in total. The van der Waals surface area contributed by atoms with E-state index in [1.807, 2.05) is 30.0 Å². The first-order chi connectivity index (χ1) is 13.5. The number of hydrogen-bond donors (Lipinski definition) is 0. The highest BCUT2D eigenvalue weighted by Crippen LogP contribution is 2.33. The number of benzene rings is 2. The average molecular weight is 393 g/mol. The molecule has 1 aliphatic heterocycles. The summed E-state index contributed by atoms with van der Waals surface area (Å²) in [7, 11) is 1.67. The van der Waals surface area contributed by atoms with Gasteiger partial charge in [-0.05, 0) is 50.5 Å². The van der Waals surface area contributed by atoms with Crippen molar-refractivity contribution in [1.29, 1.82) is 0 Å². The second-order valence-electron chi connectivity index (χ2n) is 7.19. The van der Waals surface area contributed by atoms with Gasteiger partial charge in [-0.1, -0.05) is 29.8 Å². The Kier molecular flexibility index (Phi) is 5.18. The van der Waals surface area contributed by atoms with Crippen molar-refractivity contribution in [1.82, 2.24) is 4.98 Å². The zero-order valence-corrected chi connectivity index (χ0v) is 17.3. The van der Waals surface area contributed by atoms with Crippen LogP contribution in [-0.4, -0.2) is 24.5 Å². The van der Waals surface area contributed by atoms with E-state index >= 15 is 0 Å². The minimum Gasteiger partial charge on any atom is -0.497 e. The molecule has 28 heavy (non-hydrogen) atoms. The molecular weight excluding hydrogens is 368 g/mol. The largest absolute Gasteiger partial charge is 0.497 e. The summed E-state index contributed by atoms with van der Waals surface area (Å²) in [5, 5.41) is 0.988. The molecule has 0 atom stereocenters. The van der Waals surface area contributed by atoms with Gasteiger partial charge < -0.3 is 9.64 Å². The molecule has 0 fully saturated rings. The van der Waals surface area contributed by atoms with Gasteiger partial charge in [0.1, 0.15) is 5.75 Å². The van der Waals surface area contributed by atoms with E-state index in [-0.39, 0.29) is 5.91 Å². The maximum Gasteiger partial charge on any atom is 0.232 e. The number of hydrogen-bond acceptors (Lipinski definition) is 4. The Balaban J connectivity index is 1.61. The van der Waals surface area contributed by atoms with Crippen LogP contribution in [0.15, 0.2) is 42.5 Å². The Labute approximate surface area is 169 Å². The van der Waals surface area contributed by atoms with Crippen LogP contribution in [0, 0.1) is 13.8 Å². The Hall–Kier alpha value is -2.66. The minimum atomic E-state index is 0.128. The molecule has 0 aliphatic carbocycles. The number of carbonyl (C=O) groups excluding carboxylic acids is 1. The smallest absolute Gasteiger partial charge is 0.232 e. The predicted octanol–water partition coefficient (Wildman–Crippen LogP) is 4.96. The minimum absolute atomic E-state index is 0.128. The van der Waals surface area contributed by atoms with Gasteiger partial charge in [0.25, 0.3) is 0 Å². The molecule has 5 heteroatoms. The monoisotopic (exact) mass is 392 g/mol. The summed E-state index contributed by atoms with van der Waals surface area (Å²) in [5.41, 5.74) is 5.41. The lowest BCUT2D eigenvalue weighted by Crippen LogP contribution is -2.36. The first-order valence-electron chi connectivity index (χ1n) is 9.56. The molecule has 144 valence electrons. The van der Waals surface area contributed by atoms with Crippen LogP contribution in [0.5, 0.6) is 5.75 Å². The summed E-state index contributed by atoms with van der Waals surface area (Å²) in [6.07, 6.45) is 2.32. The summed E-state index contributed by atoms with van der Waals surface area (Å²) in [5.74, 6) is 0.968. The first kappa shape index (κ1) is 18.7. The van der Waals surface area contributed by atoms with E-state index < -0.39 is 0 Å². The van der Waals surface area contributed by atoms with Crippen LogP contribution in [-0.2, 0) is 17.6 Å². The lowest BCUT2D eigenvalue weighted by Gasteiger charge is -2.29. The van der Waals surface area contributed by atoms with Crippen molar-refractivity contribution in [2.45, 2.75) is 33.1 Å². The van der Waals surface area contributed by atoms with Crippen molar-refractivity contribution in [3.63, 3.8) is 0 Å². The third-order valence-corrected chi connectivity index (χ3v) is 6.12. The normalized spacial score (nSPS) is 13.3. The van der Waals surface area contributed by atoms with Crippen molar-refractivity contribution in [3.8, 4) is 17.0 Å². The zero-order chi connectivity index (χ0) is 19.7. The summed E-state index contributed by atoms with van der Waals surface area (Å²) in [6, 6.07) is 14.3. The maximum absolute atomic E-state index is 13.2. The van der Waals surface area contributed by atoms with Gasteiger partial charge in [-0.15, -0.1) is 11.3 Å². The summed E-state index contributed by atoms with van der Waals surface area (Å²) in [4.78, 5) is 20.9. The molecule has 0 saturated heterocycles. The number of amides is 1. The molecule has 4 rings (SSSR count). The van der Waals surface area contributed by atoms with E-state index in [4.69, 9.17) is 9.72 Å². The van der Waals surface area contributed by atoms with Crippen LogP contribution in [0.1, 0.15) is 27.4 Å². The molecule has 1 aliphatic rings. The fourth-order valence-electron chi connectivity index (χ4n) is 3.72. The molecule has 0 saturated carbocycles. The van der Waals surface area contributed by atoms with E-state index in [1.54, 1.807) is 18.4 Å². The molecule has 0 spiro atoms. The van der Waals surface area contributed by atoms with Crippen LogP contribution >= 0.6 is 11.3 Å². The number of thiazole rings is 1. The number of methoxy groups -OCH3 is 1. The van der Waals surface area contributed by atoms with Gasteiger partial charge in [0.15, 0.2) is 0 Å². The summed E-state index contributed by atoms with van der Waals surface area (Å²) in [6.45, 7) is 4.83. The fraction of sp³-hybridized carbons (Fsp3) is 0.304. The van der Waals surface area contributed by atoms with Crippen molar-refractivity contribution in [3.05, 3.63) is 63.5 Å². The van der Waals surface area contributed by atoms with E-state index in [0.717, 1.165) is 52.0 Å². The van der Waals surface area contributed by atoms with Gasteiger partial charge in [0.2, 0.25) is 5.91 Å². The van der Waals surface area contributed by atoms with E-state index in [9.17, 15) is 4.79 Å². The number of fused-ring (bicyclic) bond motifs is 1. The van der Waals surface area contributed by atoms with Gasteiger partial charge >= 0.3 is 0 Å². The number of carbonyl (C=O) groups is 1. The molecule has 1 aromatic heterocycles. The van der Waals surface area contributed by atoms with Crippen LogP contribution in [0.2, 0.25) is 0 Å². The van der Waals surface area contributed by atoms with Crippen molar-refractivity contribution >= 4 is 22.9 Å². The molecular formula is C23H24N2O2S. The first-order valence-corrected chi connectivity index (χ1v) is 10.4. The van der Waals surface area contributed by atoms with Crippen LogP contribution in [0.4, 0.5) is 5.69 Å². The predicted molar refractivity (Wildman–Crippen MR) is 114 cm³/mol. The van der Waals surface area contributed by atoms with E-state index in [0.29, 0.717) is 6.42 Å². The SMILES string of the molecule is COc1ccc2c(c1)CCCN2C(=O)Cc1sc(C)nc1-c1ccc(C)cc1. The molecule has 0 bridgehead atoms. The van der Waals surface area contributed by atoms with Crippen molar-refractivity contribution in [2.75, 3.05) is 18.6 Å². The number of ether oxygens (including phenoxy) is 1. The Bertz CT molecular complexity index is 1010. The molecule has 1 amide bonds. The third kappa shape index (κ3) is 3.67. The van der Waals surface area contributed by atoms with Crippen molar-refractivity contribution in [2.24, 2.45) is 0 Å². The topological polar surface area (TPSA) is 42.4 Å². The van der Waals surface area contributed by atoms with Crippen LogP contribution in [0.3, 0.4) is 0 Å². The van der Waals surface area contributed by atoms with Crippen LogP contribution in [0.25, 0.3) is 11.3 Å². The van der Waals surface area contributed by atoms with Gasteiger partial charge in [-0.2, -0.15) is 0 Å². The lowest BCUT2D eigenvalue weighted by molar-refractivity contribution is -0.118. The fourth-order valence-corrected chi connectivity index (χ4v) is 4.67. The van der Waals surface area contributed by atoms with Gasteiger partial charge in [-0.3, -0.25) is 4.79 Å². The van der Waals surface area contributed by atoms with Crippen LogP contribution < -0.4 is 9.64 Å². The molecule has 2 aromatic carbocycles. The lowest BCUT2D eigenvalue weighted by atomic mass is 10.0. The van der Waals surface area contributed by atoms with Gasteiger partial charge in [-0.25, -0.2) is 4.98 Å². The second kappa shape index (κ2) is 7.76. The Morgan fingerprint density at radius 3 is 2.71 bits per heavy atom. The van der Waals surface area contributed by atoms with E-state index in [1.165, 1.54) is 11.1 Å². The summed E-state index contributed by atoms with van der Waals surface area (Å²) < 4.78 is 5.34. The Morgan fingerprint density at radius 2 is 1.96 bits per heavy atom. The average Bonchev–Trinajstić information content (AvgIpc) is 3.07. The van der Waals surface area contributed by atoms with Crippen molar-refractivity contribution < 1.29 is 9.53 Å². The molecule has 3 aromatic rings. The molecule has 0 radical (unpaired) electrons. The quantitative estimate of drug-likeness (QED) is 0.630. The number of anilines is 1. The number of aromatic nitrogens is 1. The van der Waals surface area contributed by atoms with Gasteiger partial charge in [0, 0.05) is 22.7 Å². The van der Waals surface area contributed by atoms with Gasteiger partial charge in [0.05, 0.1) is 24.2 Å². The number of aryl methyl sites for hydroxylation is 3. The second-order valence-corrected chi connectivity index (χ2v) is 8.48. The summed E-state index contributed by atoms with van der Waals surface area (Å²) >= 11 is 1.61. The molecule has 0 N–H and O–H groups in total. The molecule has 0 unspecified atom stereocenters.